The molecule has 5 nitrogen and oxygen atoms in total. The van der Waals surface area contributed by atoms with E-state index >= 15 is 0 Å². The molecule has 0 aliphatic rings. The normalized spacial score (nSPS) is 10.3. The van der Waals surface area contributed by atoms with Crippen molar-refractivity contribution in [1.82, 2.24) is 5.43 Å². The van der Waals surface area contributed by atoms with Gasteiger partial charge in [0.1, 0.15) is 18.1 Å². The number of rotatable bonds is 7. The summed E-state index contributed by atoms with van der Waals surface area (Å²) in [5.74, 6) is 3.40. The van der Waals surface area contributed by atoms with Crippen LogP contribution in [0.1, 0.15) is 11.1 Å². The van der Waals surface area contributed by atoms with E-state index in [-0.39, 0.29) is 18.9 Å². The van der Waals surface area contributed by atoms with Gasteiger partial charge in [0, 0.05) is 10.0 Å². The van der Waals surface area contributed by atoms with Crippen molar-refractivity contribution in [3.8, 4) is 23.8 Å². The van der Waals surface area contributed by atoms with Gasteiger partial charge in [0.2, 0.25) is 5.91 Å². The fourth-order valence-corrected chi connectivity index (χ4v) is 2.27. The number of carbonyl (C=O) groups is 1. The first-order valence-corrected chi connectivity index (χ1v) is 8.22. The zero-order chi connectivity index (χ0) is 18.1. The lowest BCUT2D eigenvalue weighted by atomic mass is 10.1. The number of nitrogens with one attached hydrogen (secondary N) is 1. The Morgan fingerprint density at radius 1 is 1.32 bits per heavy atom. The minimum Gasteiger partial charge on any atom is -0.497 e. The molecule has 0 fully saturated rings. The molecule has 25 heavy (non-hydrogen) atoms. The summed E-state index contributed by atoms with van der Waals surface area (Å²) >= 11 is 3.36. The highest BCUT2D eigenvalue weighted by Gasteiger charge is 2.05. The lowest BCUT2D eigenvalue weighted by Gasteiger charge is -2.08. The second kappa shape index (κ2) is 9.50. The predicted molar refractivity (Wildman–Crippen MR) is 101 cm³/mol. The van der Waals surface area contributed by atoms with Gasteiger partial charge in [-0.1, -0.05) is 34.0 Å². The van der Waals surface area contributed by atoms with Crippen LogP contribution in [0.4, 0.5) is 0 Å². The molecule has 0 saturated heterocycles. The average molecular weight is 401 g/mol. The Hall–Kier alpha value is -2.78. The molecule has 0 saturated carbocycles. The summed E-state index contributed by atoms with van der Waals surface area (Å²) in [5.41, 5.74) is 4.05. The van der Waals surface area contributed by atoms with Crippen molar-refractivity contribution in [2.75, 3.05) is 13.7 Å². The number of carbonyl (C=O) groups excluding carboxylic acids is 1. The van der Waals surface area contributed by atoms with E-state index < -0.39 is 0 Å². The molecule has 0 unspecified atom stereocenters. The Kier molecular flexibility index (Phi) is 7.05. The number of ether oxygens (including phenoxy) is 2. The van der Waals surface area contributed by atoms with E-state index in [9.17, 15) is 4.79 Å². The highest BCUT2D eigenvalue weighted by molar-refractivity contribution is 9.10. The number of hydrogen-bond acceptors (Lipinski definition) is 4. The maximum atomic E-state index is 11.9. The Morgan fingerprint density at radius 2 is 2.08 bits per heavy atom. The van der Waals surface area contributed by atoms with Crippen LogP contribution >= 0.6 is 15.9 Å². The third kappa shape index (κ3) is 5.98. The maximum absolute atomic E-state index is 11.9. The monoisotopic (exact) mass is 400 g/mol. The van der Waals surface area contributed by atoms with Gasteiger partial charge in [-0.2, -0.15) is 5.10 Å². The third-order valence-corrected chi connectivity index (χ3v) is 3.73. The van der Waals surface area contributed by atoms with Crippen molar-refractivity contribution < 1.29 is 14.3 Å². The van der Waals surface area contributed by atoms with Crippen molar-refractivity contribution in [3.63, 3.8) is 0 Å². The first-order chi connectivity index (χ1) is 12.1. The summed E-state index contributed by atoms with van der Waals surface area (Å²) in [7, 11) is 1.57. The Morgan fingerprint density at radius 3 is 2.76 bits per heavy atom. The van der Waals surface area contributed by atoms with Gasteiger partial charge < -0.3 is 9.47 Å². The Balaban J connectivity index is 2.01. The molecule has 6 heteroatoms. The van der Waals surface area contributed by atoms with E-state index in [2.05, 4.69) is 32.4 Å². The molecule has 1 amide bonds. The second-order valence-electron chi connectivity index (χ2n) is 4.99. The second-order valence-corrected chi connectivity index (χ2v) is 5.91. The minimum absolute atomic E-state index is 0.142. The number of halogens is 1. The van der Waals surface area contributed by atoms with Crippen molar-refractivity contribution in [3.05, 3.63) is 58.1 Å². The smallest absolute Gasteiger partial charge is 0.244 e. The van der Waals surface area contributed by atoms with Gasteiger partial charge in [0.25, 0.3) is 0 Å². The molecule has 0 bridgehead atoms. The zero-order valence-corrected chi connectivity index (χ0v) is 15.2. The summed E-state index contributed by atoms with van der Waals surface area (Å²) in [6.45, 7) is 0.142. The van der Waals surface area contributed by atoms with Crippen LogP contribution in [0.3, 0.4) is 0 Å². The first-order valence-electron chi connectivity index (χ1n) is 7.43. The van der Waals surface area contributed by atoms with Gasteiger partial charge in [0.15, 0.2) is 0 Å². The van der Waals surface area contributed by atoms with E-state index in [4.69, 9.17) is 15.9 Å². The standard InChI is InChI=1S/C19H17BrN2O3/c1-3-10-25-18-9-8-17(24-2)12-15(18)13-21-22-19(23)11-14-4-6-16(20)7-5-14/h1,4-9,12-13H,10-11H2,2H3,(H,22,23)/b21-13+. The van der Waals surface area contributed by atoms with Crippen molar-refractivity contribution >= 4 is 28.1 Å². The number of benzene rings is 2. The number of methoxy groups -OCH3 is 1. The molecule has 0 aromatic heterocycles. The number of hydrogen-bond donors (Lipinski definition) is 1. The molecule has 0 spiro atoms. The zero-order valence-electron chi connectivity index (χ0n) is 13.7. The van der Waals surface area contributed by atoms with E-state index in [0.29, 0.717) is 17.1 Å². The number of nitrogens with zero attached hydrogens (tertiary/aromatic N) is 1. The molecule has 0 aliphatic carbocycles. The Bertz CT molecular complexity index is 795. The highest BCUT2D eigenvalue weighted by atomic mass is 79.9. The van der Waals surface area contributed by atoms with Crippen LogP contribution < -0.4 is 14.9 Å². The number of terminal acetylenes is 1. The minimum atomic E-state index is -0.215. The molecule has 2 aromatic rings. The van der Waals surface area contributed by atoms with Crippen LogP contribution in [0.15, 0.2) is 52.0 Å². The molecular weight excluding hydrogens is 384 g/mol. The molecule has 2 rings (SSSR count). The van der Waals surface area contributed by atoms with Gasteiger partial charge in [-0.15, -0.1) is 6.42 Å². The Labute approximate surface area is 155 Å². The molecule has 0 radical (unpaired) electrons. The number of amides is 1. The van der Waals surface area contributed by atoms with Gasteiger partial charge in [-0.05, 0) is 35.9 Å². The highest BCUT2D eigenvalue weighted by Crippen LogP contribution is 2.22. The van der Waals surface area contributed by atoms with E-state index in [1.165, 1.54) is 6.21 Å². The molecule has 128 valence electrons. The summed E-state index contributed by atoms with van der Waals surface area (Å²) in [6, 6.07) is 12.8. The van der Waals surface area contributed by atoms with E-state index in [1.54, 1.807) is 25.3 Å². The number of hydrazone groups is 1. The lowest BCUT2D eigenvalue weighted by molar-refractivity contribution is -0.120. The van der Waals surface area contributed by atoms with Crippen LogP contribution in [0.25, 0.3) is 0 Å². The summed E-state index contributed by atoms with van der Waals surface area (Å²) in [4.78, 5) is 11.9. The van der Waals surface area contributed by atoms with Gasteiger partial charge >= 0.3 is 0 Å². The van der Waals surface area contributed by atoms with Gasteiger partial charge in [-0.3, -0.25) is 4.79 Å². The van der Waals surface area contributed by atoms with Crippen LogP contribution in [0.5, 0.6) is 11.5 Å². The van der Waals surface area contributed by atoms with Crippen LogP contribution in [-0.4, -0.2) is 25.8 Å². The van der Waals surface area contributed by atoms with Crippen LogP contribution in [0, 0.1) is 12.3 Å². The van der Waals surface area contributed by atoms with Gasteiger partial charge in [0.05, 0.1) is 19.7 Å². The quantitative estimate of drug-likeness (QED) is 0.441. The maximum Gasteiger partial charge on any atom is 0.244 e. The molecule has 1 N–H and O–H groups in total. The van der Waals surface area contributed by atoms with Crippen molar-refractivity contribution in [2.24, 2.45) is 5.10 Å². The van der Waals surface area contributed by atoms with Crippen LogP contribution in [-0.2, 0) is 11.2 Å². The van der Waals surface area contributed by atoms with Crippen LogP contribution in [0.2, 0.25) is 0 Å². The largest absolute Gasteiger partial charge is 0.497 e. The van der Waals surface area contributed by atoms with Gasteiger partial charge in [-0.25, -0.2) is 5.43 Å². The van der Waals surface area contributed by atoms with Crippen molar-refractivity contribution in [2.45, 2.75) is 6.42 Å². The lowest BCUT2D eigenvalue weighted by Crippen LogP contribution is -2.19. The summed E-state index contributed by atoms with van der Waals surface area (Å²) < 4.78 is 11.6. The molecular formula is C19H17BrN2O3. The molecule has 0 atom stereocenters. The summed E-state index contributed by atoms with van der Waals surface area (Å²) in [5, 5.41) is 3.98. The fourth-order valence-electron chi connectivity index (χ4n) is 2.01. The SMILES string of the molecule is C#CCOc1ccc(OC)cc1/C=N/NC(=O)Cc1ccc(Br)cc1. The third-order valence-electron chi connectivity index (χ3n) is 3.20. The van der Waals surface area contributed by atoms with E-state index in [0.717, 1.165) is 10.0 Å². The molecule has 0 heterocycles. The topological polar surface area (TPSA) is 59.9 Å². The van der Waals surface area contributed by atoms with E-state index in [1.807, 2.05) is 24.3 Å². The molecule has 2 aromatic carbocycles. The summed E-state index contributed by atoms with van der Waals surface area (Å²) in [6.07, 6.45) is 6.94. The molecule has 0 aliphatic heterocycles. The fraction of sp³-hybridized carbons (Fsp3) is 0.158. The predicted octanol–water partition coefficient (Wildman–Crippen LogP) is 3.16. The van der Waals surface area contributed by atoms with Crippen molar-refractivity contribution in [1.29, 1.82) is 0 Å². The first kappa shape index (κ1) is 18.6. The average Bonchev–Trinajstić information content (AvgIpc) is 2.62.